The zero-order chi connectivity index (χ0) is 19.1. The first kappa shape index (κ1) is 19.3. The average molecular weight is 444 g/mol. The van der Waals surface area contributed by atoms with Gasteiger partial charge in [0.2, 0.25) is 0 Å². The molecule has 0 atom stereocenters. The lowest BCUT2D eigenvalue weighted by Gasteiger charge is -2.07. The number of halogens is 2. The number of nitriles is 1. The molecule has 0 bridgehead atoms. The van der Waals surface area contributed by atoms with Crippen LogP contribution < -0.4 is 0 Å². The lowest BCUT2D eigenvalue weighted by molar-refractivity contribution is 0.580. The third kappa shape index (κ3) is 3.26. The van der Waals surface area contributed by atoms with Gasteiger partial charge in [-0.15, -0.1) is 23.1 Å². The van der Waals surface area contributed by atoms with E-state index in [1.807, 2.05) is 13.2 Å². The van der Waals surface area contributed by atoms with Gasteiger partial charge in [0.25, 0.3) is 10.0 Å². The van der Waals surface area contributed by atoms with Crippen molar-refractivity contribution in [3.8, 4) is 17.3 Å². The molecule has 0 saturated heterocycles. The second kappa shape index (κ2) is 7.25. The van der Waals surface area contributed by atoms with E-state index in [0.29, 0.717) is 10.6 Å². The van der Waals surface area contributed by atoms with Crippen LogP contribution >= 0.6 is 46.3 Å². The van der Waals surface area contributed by atoms with Gasteiger partial charge in [0.1, 0.15) is 15.8 Å². The van der Waals surface area contributed by atoms with E-state index in [1.54, 1.807) is 6.07 Å². The monoisotopic (exact) mass is 443 g/mol. The van der Waals surface area contributed by atoms with Crippen molar-refractivity contribution in [3.63, 3.8) is 0 Å². The van der Waals surface area contributed by atoms with E-state index in [-0.39, 0.29) is 14.9 Å². The maximum Gasteiger partial charge on any atom is 0.284 e. The number of aromatic nitrogens is 2. The van der Waals surface area contributed by atoms with Gasteiger partial charge in [-0.1, -0.05) is 23.2 Å². The number of nitrogens with zero attached hydrogens (tertiary/aromatic N) is 3. The van der Waals surface area contributed by atoms with Crippen molar-refractivity contribution < 1.29 is 8.42 Å². The highest BCUT2D eigenvalue weighted by atomic mass is 35.5. The van der Waals surface area contributed by atoms with Crippen LogP contribution in [0.5, 0.6) is 0 Å². The first-order valence-corrected chi connectivity index (χ1v) is 11.4. The normalized spacial score (nSPS) is 11.5. The van der Waals surface area contributed by atoms with Gasteiger partial charge in [0.05, 0.1) is 14.9 Å². The molecule has 0 radical (unpaired) electrons. The second-order valence-corrected chi connectivity index (χ2v) is 9.89. The molecule has 3 rings (SSSR count). The van der Waals surface area contributed by atoms with Crippen LogP contribution in [-0.4, -0.2) is 23.9 Å². The van der Waals surface area contributed by atoms with Crippen LogP contribution in [0.4, 0.5) is 0 Å². The third-order valence-corrected chi connectivity index (χ3v) is 8.22. The summed E-state index contributed by atoms with van der Waals surface area (Å²) in [6, 6.07) is 7.99. The van der Waals surface area contributed by atoms with Crippen molar-refractivity contribution in [2.75, 3.05) is 6.26 Å². The zero-order valence-electron chi connectivity index (χ0n) is 13.5. The number of thioether (sulfide) groups is 1. The minimum atomic E-state index is -3.99. The Labute approximate surface area is 169 Å². The molecule has 0 spiro atoms. The van der Waals surface area contributed by atoms with Crippen LogP contribution in [0, 0.1) is 18.3 Å². The van der Waals surface area contributed by atoms with Gasteiger partial charge in [-0.05, 0) is 43.0 Å². The fourth-order valence-corrected chi connectivity index (χ4v) is 6.13. The summed E-state index contributed by atoms with van der Waals surface area (Å²) in [5.41, 5.74) is 2.03. The predicted molar refractivity (Wildman–Crippen MR) is 106 cm³/mol. The van der Waals surface area contributed by atoms with E-state index in [2.05, 4.69) is 11.2 Å². The molecular weight excluding hydrogens is 433 g/mol. The molecule has 0 amide bonds. The van der Waals surface area contributed by atoms with E-state index in [4.69, 9.17) is 23.2 Å². The Morgan fingerprint density at radius 2 is 2.04 bits per heavy atom. The lowest BCUT2D eigenvalue weighted by atomic mass is 10.1. The average Bonchev–Trinajstić information content (AvgIpc) is 3.21. The van der Waals surface area contributed by atoms with E-state index < -0.39 is 10.0 Å². The summed E-state index contributed by atoms with van der Waals surface area (Å²) in [4.78, 5) is 0.464. The van der Waals surface area contributed by atoms with Crippen LogP contribution in [0.1, 0.15) is 10.4 Å². The minimum Gasteiger partial charge on any atom is -0.199 e. The van der Waals surface area contributed by atoms with Crippen molar-refractivity contribution >= 4 is 56.3 Å². The van der Waals surface area contributed by atoms with Gasteiger partial charge in [0, 0.05) is 16.8 Å². The van der Waals surface area contributed by atoms with E-state index in [1.165, 1.54) is 47.5 Å². The molecule has 0 fully saturated rings. The van der Waals surface area contributed by atoms with Crippen molar-refractivity contribution in [2.45, 2.75) is 16.0 Å². The van der Waals surface area contributed by atoms with E-state index in [9.17, 15) is 13.7 Å². The van der Waals surface area contributed by atoms with Gasteiger partial charge in [0.15, 0.2) is 0 Å². The van der Waals surface area contributed by atoms with Crippen molar-refractivity contribution in [1.82, 2.24) is 9.19 Å². The van der Waals surface area contributed by atoms with E-state index in [0.717, 1.165) is 19.4 Å². The standard InChI is InChI=1S/C16H11Cl2N3O2S3/c1-9-13(8-19)25-16(24-2)15(9)12-5-6-21(20-12)26(22,23)14-7-10(17)3-4-11(14)18/h3-7H,1-2H3. The maximum atomic E-state index is 12.9. The molecule has 134 valence electrons. The topological polar surface area (TPSA) is 75.8 Å². The van der Waals surface area contributed by atoms with Crippen LogP contribution in [0.3, 0.4) is 0 Å². The Kier molecular flexibility index (Phi) is 5.37. The van der Waals surface area contributed by atoms with Crippen molar-refractivity contribution in [2.24, 2.45) is 0 Å². The highest BCUT2D eigenvalue weighted by molar-refractivity contribution is 8.00. The summed E-state index contributed by atoms with van der Waals surface area (Å²) >= 11 is 14.8. The summed E-state index contributed by atoms with van der Waals surface area (Å²) < 4.78 is 27.5. The first-order valence-electron chi connectivity index (χ1n) is 7.13. The summed E-state index contributed by atoms with van der Waals surface area (Å²) in [7, 11) is -3.99. The highest BCUT2D eigenvalue weighted by Crippen LogP contribution is 2.40. The molecule has 0 aliphatic heterocycles. The quantitative estimate of drug-likeness (QED) is 0.526. The summed E-state index contributed by atoms with van der Waals surface area (Å²) in [5.74, 6) is 0. The number of hydrogen-bond donors (Lipinski definition) is 0. The van der Waals surface area contributed by atoms with E-state index >= 15 is 0 Å². The Balaban J connectivity index is 2.13. The smallest absolute Gasteiger partial charge is 0.199 e. The summed E-state index contributed by atoms with van der Waals surface area (Å²) in [6.45, 7) is 1.82. The molecule has 2 aromatic heterocycles. The largest absolute Gasteiger partial charge is 0.284 e. The van der Waals surface area contributed by atoms with Gasteiger partial charge >= 0.3 is 0 Å². The molecule has 0 saturated carbocycles. The van der Waals surface area contributed by atoms with Gasteiger partial charge < -0.3 is 0 Å². The third-order valence-electron chi connectivity index (χ3n) is 3.64. The number of benzene rings is 1. The zero-order valence-corrected chi connectivity index (χ0v) is 17.5. The molecule has 26 heavy (non-hydrogen) atoms. The van der Waals surface area contributed by atoms with Gasteiger partial charge in [-0.25, -0.2) is 0 Å². The maximum absolute atomic E-state index is 12.9. The molecular formula is C16H11Cl2N3O2S3. The van der Waals surface area contributed by atoms with Crippen molar-refractivity contribution in [1.29, 1.82) is 5.26 Å². The molecule has 0 unspecified atom stereocenters. The minimum absolute atomic E-state index is 0.0646. The first-order chi connectivity index (χ1) is 12.3. The van der Waals surface area contributed by atoms with Crippen LogP contribution in [0.25, 0.3) is 11.3 Å². The lowest BCUT2D eigenvalue weighted by Crippen LogP contribution is -2.14. The predicted octanol–water partition coefficient (Wildman–Crippen LogP) is 5.06. The molecule has 5 nitrogen and oxygen atoms in total. The van der Waals surface area contributed by atoms with Gasteiger partial charge in [-0.2, -0.15) is 22.9 Å². The molecule has 0 aliphatic carbocycles. The fourth-order valence-electron chi connectivity index (χ4n) is 2.38. The second-order valence-electron chi connectivity index (χ2n) is 5.19. The molecule has 2 heterocycles. The van der Waals surface area contributed by atoms with Crippen LogP contribution in [-0.2, 0) is 10.0 Å². The Bertz CT molecular complexity index is 1140. The number of thiophene rings is 1. The highest BCUT2D eigenvalue weighted by Gasteiger charge is 2.24. The summed E-state index contributed by atoms with van der Waals surface area (Å²) in [5, 5.41) is 13.8. The van der Waals surface area contributed by atoms with Crippen molar-refractivity contribution in [3.05, 3.63) is 50.9 Å². The van der Waals surface area contributed by atoms with Gasteiger partial charge in [-0.3, -0.25) is 0 Å². The molecule has 3 aromatic rings. The molecule has 10 heteroatoms. The molecule has 0 N–H and O–H groups in total. The molecule has 0 aliphatic rings. The number of hydrogen-bond acceptors (Lipinski definition) is 6. The fraction of sp³-hybridized carbons (Fsp3) is 0.125. The Morgan fingerprint density at radius 3 is 2.69 bits per heavy atom. The Morgan fingerprint density at radius 1 is 1.31 bits per heavy atom. The van der Waals surface area contributed by atoms with Crippen LogP contribution in [0.15, 0.2) is 39.6 Å². The molecule has 1 aromatic carbocycles. The number of rotatable bonds is 4. The van der Waals surface area contributed by atoms with Crippen LogP contribution in [0.2, 0.25) is 10.0 Å². The SMILES string of the molecule is CSc1sc(C#N)c(C)c1-c1ccn(S(=O)(=O)c2cc(Cl)ccc2Cl)n1. The Hall–Kier alpha value is -1.50. The summed E-state index contributed by atoms with van der Waals surface area (Å²) in [6.07, 6.45) is 3.25.